The van der Waals surface area contributed by atoms with Gasteiger partial charge in [0.1, 0.15) is 35.6 Å². The first-order chi connectivity index (χ1) is 58.0. The summed E-state index contributed by atoms with van der Waals surface area (Å²) in [4.78, 5) is 86.6. The fourth-order valence-electron chi connectivity index (χ4n) is 14.1. The molecule has 1 unspecified atom stereocenters. The number of esters is 2. The third-order valence-electron chi connectivity index (χ3n) is 19.4. The van der Waals surface area contributed by atoms with Gasteiger partial charge in [-0.15, -0.1) is 0 Å². The topological polar surface area (TPSA) is 495 Å². The number of carboxylic acids is 2. The van der Waals surface area contributed by atoms with Crippen LogP contribution in [-0.2, 0) is 117 Å². The van der Waals surface area contributed by atoms with E-state index in [0.29, 0.717) is 72.7 Å². The van der Waals surface area contributed by atoms with Crippen molar-refractivity contribution in [2.45, 2.75) is 186 Å². The number of pyridine rings is 3. The predicted octanol–water partition coefficient (Wildman–Crippen LogP) is 6.59. The first-order valence-corrected chi connectivity index (χ1v) is 44.9. The molecule has 12 N–H and O–H groups in total. The number of fused-ring (bicyclic) bond motifs is 3. The van der Waals surface area contributed by atoms with Crippen molar-refractivity contribution in [1.82, 2.24) is 69.1 Å². The van der Waals surface area contributed by atoms with Crippen LogP contribution in [0.15, 0.2) is 125 Å². The van der Waals surface area contributed by atoms with E-state index >= 15 is 0 Å². The summed E-state index contributed by atoms with van der Waals surface area (Å²) in [5, 5.41) is 46.0. The van der Waals surface area contributed by atoms with Crippen molar-refractivity contribution in [3.63, 3.8) is 0 Å². The Morgan fingerprint density at radius 1 is 0.484 bits per heavy atom. The minimum Gasteiger partial charge on any atom is -0.478 e. The van der Waals surface area contributed by atoms with Crippen molar-refractivity contribution in [3.05, 3.63) is 211 Å². The number of aromatic carboxylic acids is 1. The number of carbonyl (C=O) groups is 6. The second-order valence-corrected chi connectivity index (χ2v) is 34.6. The van der Waals surface area contributed by atoms with Crippen LogP contribution in [0, 0.1) is 62.3 Å². The summed E-state index contributed by atoms with van der Waals surface area (Å²) in [6.07, 6.45) is 17.4. The van der Waals surface area contributed by atoms with Gasteiger partial charge < -0.3 is 52.0 Å². The normalized spacial score (nSPS) is 13.4. The van der Waals surface area contributed by atoms with Crippen molar-refractivity contribution in [3.8, 4) is 0 Å². The molecule has 3 aromatic carbocycles. The molecule has 6 aromatic heterocycles. The van der Waals surface area contributed by atoms with Gasteiger partial charge in [-0.1, -0.05) is 71.3 Å². The van der Waals surface area contributed by atoms with Crippen LogP contribution in [0.3, 0.4) is 0 Å². The molecular weight excluding hydrogens is 1650 g/mol. The van der Waals surface area contributed by atoms with Gasteiger partial charge in [0.15, 0.2) is 0 Å². The van der Waals surface area contributed by atoms with Gasteiger partial charge in [0.25, 0.3) is 11.8 Å². The summed E-state index contributed by atoms with van der Waals surface area (Å²) in [6.45, 7) is 23.5. The summed E-state index contributed by atoms with van der Waals surface area (Å²) in [5.74, 6) is -2.01. The number of sulfonamides is 3. The zero-order chi connectivity index (χ0) is 89.2. The number of ether oxygens (including phenoxy) is 2. The zero-order valence-electron chi connectivity index (χ0n) is 70.3. The van der Waals surface area contributed by atoms with Gasteiger partial charge in [-0.2, -0.15) is 29.5 Å². The molecule has 122 heavy (non-hydrogen) atoms. The molecule has 0 fully saturated rings. The molecule has 4 atom stereocenters. The molecule has 35 nitrogen and oxygen atoms in total. The van der Waals surface area contributed by atoms with E-state index in [9.17, 15) is 59.1 Å². The number of benzene rings is 3. The largest absolute Gasteiger partial charge is 0.478 e. The molecule has 2 amide bonds. The number of aliphatic carboxylic acids is 1. The number of nitrogens with two attached hydrogens (primary N) is 1. The Kier molecular flexibility index (Phi) is 35.7. The van der Waals surface area contributed by atoms with Gasteiger partial charge in [0, 0.05) is 114 Å². The fourth-order valence-corrected chi connectivity index (χ4v) is 19.1. The van der Waals surface area contributed by atoms with Gasteiger partial charge >= 0.3 is 44.6 Å². The van der Waals surface area contributed by atoms with Gasteiger partial charge in [0.2, 0.25) is 30.1 Å². The second kappa shape index (κ2) is 45.2. The van der Waals surface area contributed by atoms with Crippen molar-refractivity contribution in [2.24, 2.45) is 5.73 Å². The third kappa shape index (κ3) is 27.7. The molecule has 0 saturated carbocycles. The number of nitrogens with zero attached hydrogens (tertiary/aromatic N) is 9. The summed E-state index contributed by atoms with van der Waals surface area (Å²) in [7, 11) is -10.2. The molecule has 9 aromatic rings. The fraction of sp³-hybridized carbons (Fsp3) is 0.415. The van der Waals surface area contributed by atoms with Crippen LogP contribution in [0.1, 0.15) is 148 Å². The number of aromatic nitrogens is 9. The van der Waals surface area contributed by atoms with Gasteiger partial charge in [0.05, 0.1) is 63.2 Å². The van der Waals surface area contributed by atoms with E-state index < -0.39 is 90.4 Å². The van der Waals surface area contributed by atoms with Crippen LogP contribution in [0.25, 0.3) is 0 Å². The molecule has 0 spiro atoms. The van der Waals surface area contributed by atoms with E-state index in [1.807, 2.05) is 48.1 Å². The summed E-state index contributed by atoms with van der Waals surface area (Å²) in [5.41, 5.74) is 18.9. The van der Waals surface area contributed by atoms with Gasteiger partial charge in [-0.05, 0) is 183 Å². The van der Waals surface area contributed by atoms with Crippen molar-refractivity contribution in [2.75, 3.05) is 68.4 Å². The zero-order valence-corrected chi connectivity index (χ0v) is 73.9. The number of carboxylic acid groups (broad SMARTS) is 2. The van der Waals surface area contributed by atoms with Crippen LogP contribution >= 0.6 is 9.12 Å². The number of anilines is 3. The molecule has 0 saturated heterocycles. The van der Waals surface area contributed by atoms with Crippen LogP contribution in [0.5, 0.6) is 0 Å². The van der Waals surface area contributed by atoms with Crippen LogP contribution in [-0.4, -0.2) is 193 Å². The molecule has 40 heteroatoms. The Labute approximate surface area is 713 Å². The molecule has 3 aliphatic heterocycles. The minimum absolute atomic E-state index is 0.0335. The van der Waals surface area contributed by atoms with Gasteiger partial charge in [-0.3, -0.25) is 38.0 Å². The average molecular weight is 1760 g/mol. The van der Waals surface area contributed by atoms with E-state index in [1.165, 1.54) is 35.3 Å². The number of amides is 2. The Hall–Kier alpha value is -11.1. The van der Waals surface area contributed by atoms with E-state index in [0.717, 1.165) is 116 Å². The SMILES string of the molecule is CCOC(=O)[C@H](CN)NS(=O)(=O)c1c(C)cc(C)cc1C.CCOC(=O)[C@H](CNC(=O)c1cnn(CCc2ccc3c(n2)NCCC3)c1)NS(=O)(=O)c1c(C)cc(C)cc1C.Cc1cc(C)c(S(=O)(=O)N[C@@H](CNC(=O)c2cnn(CCc3ccc4c(n3)NCCC4)c2)C(=O)O)c(C)c1.O=BP.O=C(O)c1cnn(CCc2ccc3c(n2)NCCC3)c1. The maximum absolute atomic E-state index is 13.2. The first-order valence-electron chi connectivity index (χ1n) is 39.7. The summed E-state index contributed by atoms with van der Waals surface area (Å²) >= 11 is 0. The number of nitrogens with one attached hydrogen (secondary N) is 8. The Morgan fingerprint density at radius 2 is 0.779 bits per heavy atom. The average Bonchev–Trinajstić information content (AvgIpc) is 1.07. The quantitative estimate of drug-likeness (QED) is 0.0124. The Bertz CT molecular complexity index is 5520. The standard InChI is InChI=1S/C28H36N6O5S.C26H32N6O5S.C14H16N4O2.C14H22N2O4S.BH2OP/c1-5-39-28(36)24(33-40(37,38)25-19(3)13-18(2)14-20(25)4)16-30-27(35)22-15-31-34(17-22)12-10-23-9-8-21-7-6-11-29-26(21)32-23;1-16-11-17(2)23(18(3)12-16)38(36,37)31-22(26(34)35)14-28-25(33)20-13-29-32(15-20)10-8-21-7-6-19-5-4-9-27-24(19)30-21;19-14(20)11-8-16-18(9-11)7-5-12-4-3-10-2-1-6-15-13(10)17-12;1-5-20-14(17)12(8-15)16-21(18,19)13-10(3)6-9(2)7-11(13)4;2-1-3/h8-9,13-15,17,24,33H,5-7,10-12,16H2,1-4H3,(H,29,32)(H,30,35);6-7,11-13,15,22,31H,4-5,8-10,14H2,1-3H3,(H,27,30)(H,28,33)(H,34,35);3-4,8-9H,1-2,5-7H2,(H,15,17)(H,19,20);6-7,12,16H,5,8,15H2,1-4H3;3H2/t24-;22-;;12-;/m00.0./s1. The van der Waals surface area contributed by atoms with Crippen molar-refractivity contribution >= 4 is 99.2 Å². The van der Waals surface area contributed by atoms with Crippen LogP contribution < -0.4 is 46.5 Å². The molecule has 0 aliphatic carbocycles. The maximum atomic E-state index is 13.2. The molecule has 12 rings (SSSR count). The molecular formula is C82H108BN18O17PS3. The predicted molar refractivity (Wildman–Crippen MR) is 463 cm³/mol. The minimum atomic E-state index is -4.14. The Morgan fingerprint density at radius 3 is 1.08 bits per heavy atom. The summed E-state index contributed by atoms with van der Waals surface area (Å²) < 4.78 is 108. The van der Waals surface area contributed by atoms with Crippen LogP contribution in [0.2, 0.25) is 0 Å². The van der Waals surface area contributed by atoms with E-state index in [-0.39, 0.29) is 57.7 Å². The molecule has 654 valence electrons. The number of hydrogen-bond acceptors (Lipinski definition) is 25. The second-order valence-electron chi connectivity index (χ2n) is 29.4. The monoisotopic (exact) mass is 1750 g/mol. The van der Waals surface area contributed by atoms with Crippen LogP contribution in [0.4, 0.5) is 17.5 Å². The maximum Gasteiger partial charge on any atom is 0.338 e. The number of aryl methyl sites for hydroxylation is 18. The molecule has 0 bridgehead atoms. The molecule has 3 aliphatic rings. The third-order valence-corrected chi connectivity index (χ3v) is 24.8. The smallest absolute Gasteiger partial charge is 0.338 e. The van der Waals surface area contributed by atoms with E-state index in [2.05, 4.69) is 89.2 Å². The van der Waals surface area contributed by atoms with E-state index in [1.54, 1.807) is 124 Å². The number of carbonyl (C=O) groups excluding carboxylic acids is 4. The molecule has 9 heterocycles. The van der Waals surface area contributed by atoms with Gasteiger partial charge in [-0.25, -0.2) is 45.0 Å². The Balaban J connectivity index is 0.000000208. The number of hydrogen-bond donors (Lipinski definition) is 11. The van der Waals surface area contributed by atoms with E-state index in [4.69, 9.17) is 25.0 Å². The number of rotatable bonds is 31. The van der Waals surface area contributed by atoms with Crippen molar-refractivity contribution in [1.29, 1.82) is 0 Å². The first kappa shape index (κ1) is 96.4. The summed E-state index contributed by atoms with van der Waals surface area (Å²) in [6, 6.07) is 18.9. The molecule has 0 radical (unpaired) electrons. The van der Waals surface area contributed by atoms with Crippen molar-refractivity contribution < 1.29 is 78.4 Å².